The molecule has 3 aromatic rings. The van der Waals surface area contributed by atoms with Crippen LogP contribution in [0, 0.1) is 5.82 Å². The van der Waals surface area contributed by atoms with Gasteiger partial charge >= 0.3 is 6.18 Å². The number of nitrogens with zero attached hydrogens (tertiary/aromatic N) is 5. The number of piperazine rings is 1. The van der Waals surface area contributed by atoms with E-state index in [2.05, 4.69) is 14.8 Å². The summed E-state index contributed by atoms with van der Waals surface area (Å²) in [6.07, 6.45) is -1.17. The van der Waals surface area contributed by atoms with Crippen molar-refractivity contribution in [2.45, 2.75) is 12.7 Å². The van der Waals surface area contributed by atoms with Gasteiger partial charge in [0.1, 0.15) is 11.6 Å². The summed E-state index contributed by atoms with van der Waals surface area (Å²) in [4.78, 5) is 14.9. The van der Waals surface area contributed by atoms with Crippen molar-refractivity contribution in [3.8, 4) is 5.75 Å². The van der Waals surface area contributed by atoms with E-state index in [1.165, 1.54) is 25.3 Å². The Hall–Kier alpha value is -3.82. The minimum absolute atomic E-state index is 0.288. The van der Waals surface area contributed by atoms with E-state index in [-0.39, 0.29) is 11.5 Å². The van der Waals surface area contributed by atoms with Crippen LogP contribution in [0.1, 0.15) is 11.1 Å². The molecule has 0 aliphatic carbocycles. The maximum absolute atomic E-state index is 13.6. The Labute approximate surface area is 200 Å². The van der Waals surface area contributed by atoms with Gasteiger partial charge in [-0.05, 0) is 48.5 Å². The van der Waals surface area contributed by atoms with Crippen LogP contribution in [0.15, 0.2) is 65.9 Å². The van der Waals surface area contributed by atoms with E-state index >= 15 is 0 Å². The molecule has 1 saturated heterocycles. The summed E-state index contributed by atoms with van der Waals surface area (Å²) in [7, 11) is 1.43. The number of hydrogen-bond donors (Lipinski definition) is 0. The normalized spacial score (nSPS) is 16.1. The van der Waals surface area contributed by atoms with Gasteiger partial charge in [0.05, 0.1) is 30.6 Å². The molecule has 35 heavy (non-hydrogen) atoms. The van der Waals surface area contributed by atoms with Crippen molar-refractivity contribution in [1.82, 2.24) is 9.88 Å². The lowest BCUT2D eigenvalue weighted by Gasteiger charge is -2.42. The molecule has 2 aromatic carbocycles. The number of methoxy groups -OCH3 is 1. The van der Waals surface area contributed by atoms with Gasteiger partial charge in [-0.1, -0.05) is 0 Å². The van der Waals surface area contributed by atoms with Crippen molar-refractivity contribution >= 4 is 23.0 Å². The van der Waals surface area contributed by atoms with E-state index in [1.54, 1.807) is 35.5 Å². The smallest absolute Gasteiger partial charge is 0.416 e. The molecule has 0 bridgehead atoms. The molecular formula is C25H23F4N5O. The third-order valence-electron chi connectivity index (χ3n) is 6.22. The van der Waals surface area contributed by atoms with Gasteiger partial charge in [-0.3, -0.25) is 4.98 Å². The van der Waals surface area contributed by atoms with Gasteiger partial charge in [0.25, 0.3) is 0 Å². The van der Waals surface area contributed by atoms with Crippen LogP contribution in [0.3, 0.4) is 0 Å². The molecule has 1 fully saturated rings. The minimum atomic E-state index is -4.49. The molecule has 5 rings (SSSR count). The van der Waals surface area contributed by atoms with E-state index in [9.17, 15) is 17.6 Å². The number of rotatable bonds is 3. The quantitative estimate of drug-likeness (QED) is 0.485. The first-order valence-corrected chi connectivity index (χ1v) is 11.1. The fourth-order valence-electron chi connectivity index (χ4n) is 4.39. The predicted octanol–water partition coefficient (Wildman–Crippen LogP) is 5.08. The lowest BCUT2D eigenvalue weighted by atomic mass is 10.1. The maximum Gasteiger partial charge on any atom is 0.416 e. The number of benzene rings is 2. The van der Waals surface area contributed by atoms with Crippen molar-refractivity contribution in [3.05, 3.63) is 77.9 Å². The van der Waals surface area contributed by atoms with Crippen molar-refractivity contribution in [2.75, 3.05) is 43.1 Å². The van der Waals surface area contributed by atoms with Gasteiger partial charge < -0.3 is 19.4 Å². The van der Waals surface area contributed by atoms with E-state index in [4.69, 9.17) is 9.73 Å². The molecule has 2 aliphatic rings. The molecule has 1 aromatic heterocycles. The number of hydrogen-bond acceptors (Lipinski definition) is 6. The molecule has 3 heterocycles. The van der Waals surface area contributed by atoms with Gasteiger partial charge in [-0.25, -0.2) is 9.38 Å². The predicted molar refractivity (Wildman–Crippen MR) is 126 cm³/mol. The number of aliphatic imine (C=N–C) groups is 1. The molecule has 0 N–H and O–H groups in total. The summed E-state index contributed by atoms with van der Waals surface area (Å²) >= 11 is 0. The number of halogens is 4. The van der Waals surface area contributed by atoms with Crippen LogP contribution in [-0.2, 0) is 12.7 Å². The second-order valence-electron chi connectivity index (χ2n) is 8.34. The van der Waals surface area contributed by atoms with Crippen molar-refractivity contribution in [3.63, 3.8) is 0 Å². The van der Waals surface area contributed by atoms with Crippen LogP contribution in [0.25, 0.3) is 0 Å². The van der Waals surface area contributed by atoms with Gasteiger partial charge in [-0.2, -0.15) is 13.2 Å². The third kappa shape index (κ3) is 4.60. The Balaban J connectivity index is 1.49. The summed E-state index contributed by atoms with van der Waals surface area (Å²) in [6.45, 7) is 2.80. The molecule has 0 radical (unpaired) electrons. The highest BCUT2D eigenvalue weighted by atomic mass is 19.4. The Kier molecular flexibility index (Phi) is 5.96. The largest absolute Gasteiger partial charge is 0.495 e. The monoisotopic (exact) mass is 485 g/mol. The van der Waals surface area contributed by atoms with Crippen LogP contribution in [0.4, 0.5) is 34.6 Å². The number of fused-ring (bicyclic) bond motifs is 1. The fourth-order valence-corrected chi connectivity index (χ4v) is 4.39. The molecule has 0 spiro atoms. The summed E-state index contributed by atoms with van der Waals surface area (Å²) in [5.41, 5.74) is 1.99. The minimum Gasteiger partial charge on any atom is -0.495 e. The van der Waals surface area contributed by atoms with Crippen LogP contribution >= 0.6 is 0 Å². The van der Waals surface area contributed by atoms with Crippen LogP contribution in [0.5, 0.6) is 5.75 Å². The summed E-state index contributed by atoms with van der Waals surface area (Å²) in [5, 5.41) is 0. The summed E-state index contributed by atoms with van der Waals surface area (Å²) in [5.74, 6) is 0.589. The average Bonchev–Trinajstić information content (AvgIpc) is 2.87. The highest BCUT2D eigenvalue weighted by Crippen LogP contribution is 2.40. The number of ether oxygens (including phenoxy) is 1. The SMILES string of the molecule is COc1ccc(C(F)(F)F)cc1N1Cc2cnccc2N=C1N1CCN(c2ccc(F)cc2)CC1. The molecule has 0 unspecified atom stereocenters. The van der Waals surface area contributed by atoms with Crippen molar-refractivity contribution in [1.29, 1.82) is 0 Å². The number of pyridine rings is 1. The van der Waals surface area contributed by atoms with E-state index in [0.717, 1.165) is 29.1 Å². The third-order valence-corrected chi connectivity index (χ3v) is 6.22. The van der Waals surface area contributed by atoms with Gasteiger partial charge in [0.15, 0.2) is 0 Å². The van der Waals surface area contributed by atoms with Gasteiger partial charge in [-0.15, -0.1) is 0 Å². The first-order valence-electron chi connectivity index (χ1n) is 11.1. The molecule has 10 heteroatoms. The van der Waals surface area contributed by atoms with Crippen LogP contribution in [0.2, 0.25) is 0 Å². The van der Waals surface area contributed by atoms with Crippen LogP contribution < -0.4 is 14.5 Å². The maximum atomic E-state index is 13.6. The lowest BCUT2D eigenvalue weighted by Crippen LogP contribution is -2.54. The van der Waals surface area contributed by atoms with Crippen LogP contribution in [-0.4, -0.2) is 49.1 Å². The molecule has 0 atom stereocenters. The fraction of sp³-hybridized carbons (Fsp3) is 0.280. The van der Waals surface area contributed by atoms with Gasteiger partial charge in [0.2, 0.25) is 5.96 Å². The zero-order chi connectivity index (χ0) is 24.6. The number of anilines is 2. The van der Waals surface area contributed by atoms with Crippen molar-refractivity contribution in [2.24, 2.45) is 4.99 Å². The standard InChI is InChI=1S/C25H23F4N5O/c1-35-23-7-2-18(25(27,28)29)14-22(23)34-16-17-15-30-9-8-21(17)31-24(34)33-12-10-32(11-13-33)20-5-3-19(26)4-6-20/h2-9,14-15H,10-13,16H2,1H3. The van der Waals surface area contributed by atoms with Crippen molar-refractivity contribution < 1.29 is 22.3 Å². The molecule has 6 nitrogen and oxygen atoms in total. The van der Waals surface area contributed by atoms with E-state index < -0.39 is 11.7 Å². The Bertz CT molecular complexity index is 1240. The number of alkyl halides is 3. The van der Waals surface area contributed by atoms with E-state index in [0.29, 0.717) is 44.4 Å². The summed E-state index contributed by atoms with van der Waals surface area (Å²) in [6, 6.07) is 11.6. The first-order chi connectivity index (χ1) is 16.8. The Morgan fingerprint density at radius 2 is 1.63 bits per heavy atom. The van der Waals surface area contributed by atoms with Gasteiger partial charge in [0, 0.05) is 49.8 Å². The first kappa shape index (κ1) is 22.9. The number of guanidine groups is 1. The molecule has 0 saturated carbocycles. The average molecular weight is 485 g/mol. The highest BCUT2D eigenvalue weighted by molar-refractivity contribution is 6.00. The molecule has 2 aliphatic heterocycles. The Morgan fingerprint density at radius 3 is 2.31 bits per heavy atom. The Morgan fingerprint density at radius 1 is 0.914 bits per heavy atom. The summed E-state index contributed by atoms with van der Waals surface area (Å²) < 4.78 is 59.4. The zero-order valence-electron chi connectivity index (χ0n) is 19.0. The lowest BCUT2D eigenvalue weighted by molar-refractivity contribution is -0.137. The topological polar surface area (TPSA) is 44.2 Å². The molecule has 0 amide bonds. The molecule has 182 valence electrons. The highest BCUT2D eigenvalue weighted by Gasteiger charge is 2.34. The zero-order valence-corrected chi connectivity index (χ0v) is 19.0. The van der Waals surface area contributed by atoms with E-state index in [1.807, 2.05) is 0 Å². The second-order valence-corrected chi connectivity index (χ2v) is 8.34. The molecular weight excluding hydrogens is 462 g/mol. The number of aromatic nitrogens is 1. The second kappa shape index (κ2) is 9.09.